The van der Waals surface area contributed by atoms with E-state index in [1.807, 2.05) is 18.7 Å². The molecule has 0 unspecified atom stereocenters. The number of rotatable bonds is 3. The Morgan fingerprint density at radius 1 is 1.26 bits per heavy atom. The van der Waals surface area contributed by atoms with Crippen molar-refractivity contribution in [3.63, 3.8) is 0 Å². The normalized spacial score (nSPS) is 10.8. The molecule has 0 radical (unpaired) electrons. The minimum absolute atomic E-state index is 0.504. The summed E-state index contributed by atoms with van der Waals surface area (Å²) in [5, 5.41) is 4.37. The van der Waals surface area contributed by atoms with Gasteiger partial charge in [0, 0.05) is 10.6 Å². The van der Waals surface area contributed by atoms with Gasteiger partial charge in [-0.1, -0.05) is 0 Å². The molecule has 19 heavy (non-hydrogen) atoms. The number of aryl methyl sites for hydroxylation is 2. The topological polar surface area (TPSA) is 27.1 Å². The Morgan fingerprint density at radius 2 is 1.84 bits per heavy atom. The first-order valence-electron chi connectivity index (χ1n) is 5.35. The van der Waals surface area contributed by atoms with Gasteiger partial charge >= 0.3 is 0 Å². The summed E-state index contributed by atoms with van der Waals surface area (Å²) in [4.78, 5) is 0. The fourth-order valence-corrected chi connectivity index (χ4v) is 5.99. The molecule has 7 heteroatoms. The SMILES string of the molecule is Cc1nn(C)c(COc2c(I)cc(I)cc2I)c1Br. The zero-order valence-corrected chi connectivity index (χ0v) is 18.2. The maximum atomic E-state index is 5.97. The summed E-state index contributed by atoms with van der Waals surface area (Å²) in [7, 11) is 1.93. The molecule has 0 amide bonds. The van der Waals surface area contributed by atoms with Crippen LogP contribution in [0, 0.1) is 17.6 Å². The highest BCUT2D eigenvalue weighted by Crippen LogP contribution is 2.31. The van der Waals surface area contributed by atoms with E-state index in [0.29, 0.717) is 6.61 Å². The molecule has 2 aromatic rings. The minimum atomic E-state index is 0.504. The molecule has 0 aliphatic heterocycles. The number of ether oxygens (including phenoxy) is 1. The zero-order valence-electron chi connectivity index (χ0n) is 10.2. The Hall–Kier alpha value is 0.900. The third-order valence-corrected chi connectivity index (χ3v) is 5.83. The smallest absolute Gasteiger partial charge is 0.146 e. The summed E-state index contributed by atoms with van der Waals surface area (Å²) < 4.78 is 12.3. The highest BCUT2D eigenvalue weighted by molar-refractivity contribution is 14.1. The molecule has 0 saturated carbocycles. The number of benzene rings is 1. The van der Waals surface area contributed by atoms with Crippen molar-refractivity contribution in [1.29, 1.82) is 0 Å². The van der Waals surface area contributed by atoms with E-state index < -0.39 is 0 Å². The summed E-state index contributed by atoms with van der Waals surface area (Å²) in [6.07, 6.45) is 0. The van der Waals surface area contributed by atoms with E-state index in [0.717, 1.165) is 28.8 Å². The number of aromatic nitrogens is 2. The van der Waals surface area contributed by atoms with E-state index in [1.54, 1.807) is 0 Å². The molecule has 0 aliphatic carbocycles. The van der Waals surface area contributed by atoms with Gasteiger partial charge in [0.2, 0.25) is 0 Å². The van der Waals surface area contributed by atoms with E-state index in [9.17, 15) is 0 Å². The van der Waals surface area contributed by atoms with E-state index >= 15 is 0 Å². The standard InChI is InChI=1S/C12H10BrI3N2O/c1-6-11(13)10(18(2)17-6)5-19-12-8(15)3-7(14)4-9(12)16/h3-4H,5H2,1-2H3. The number of hydrogen-bond acceptors (Lipinski definition) is 2. The molecule has 0 spiro atoms. The van der Waals surface area contributed by atoms with Crippen LogP contribution in [0.5, 0.6) is 5.75 Å². The fraction of sp³-hybridized carbons (Fsp3) is 0.250. The van der Waals surface area contributed by atoms with Crippen LogP contribution in [0.2, 0.25) is 0 Å². The lowest BCUT2D eigenvalue weighted by atomic mass is 10.3. The summed E-state index contributed by atoms with van der Waals surface area (Å²) in [5.74, 6) is 0.937. The summed E-state index contributed by atoms with van der Waals surface area (Å²) in [6, 6.07) is 4.23. The fourth-order valence-electron chi connectivity index (χ4n) is 1.64. The molecule has 0 N–H and O–H groups in total. The lowest BCUT2D eigenvalue weighted by molar-refractivity contribution is 0.290. The van der Waals surface area contributed by atoms with Crippen LogP contribution >= 0.6 is 83.7 Å². The van der Waals surface area contributed by atoms with Crippen molar-refractivity contribution in [2.45, 2.75) is 13.5 Å². The van der Waals surface area contributed by atoms with Gasteiger partial charge in [0.25, 0.3) is 0 Å². The van der Waals surface area contributed by atoms with Crippen molar-refractivity contribution in [2.24, 2.45) is 7.05 Å². The molecule has 102 valence electrons. The van der Waals surface area contributed by atoms with Gasteiger partial charge in [0.1, 0.15) is 12.4 Å². The van der Waals surface area contributed by atoms with Crippen LogP contribution in [-0.2, 0) is 13.7 Å². The van der Waals surface area contributed by atoms with Crippen molar-refractivity contribution >= 4 is 83.7 Å². The van der Waals surface area contributed by atoms with E-state index in [-0.39, 0.29) is 0 Å². The first kappa shape index (κ1) is 16.3. The summed E-state index contributed by atoms with van der Waals surface area (Å²) in [6.45, 7) is 2.48. The highest BCUT2D eigenvalue weighted by Gasteiger charge is 2.13. The van der Waals surface area contributed by atoms with Crippen LogP contribution in [0.1, 0.15) is 11.4 Å². The van der Waals surface area contributed by atoms with Gasteiger partial charge in [-0.05, 0) is 103 Å². The Labute approximate surface area is 161 Å². The molecular weight excluding hydrogens is 649 g/mol. The van der Waals surface area contributed by atoms with Gasteiger partial charge in [-0.2, -0.15) is 5.10 Å². The predicted molar refractivity (Wildman–Crippen MR) is 105 cm³/mol. The maximum Gasteiger partial charge on any atom is 0.146 e. The molecule has 0 saturated heterocycles. The Bertz CT molecular complexity index is 605. The average Bonchev–Trinajstić information content (AvgIpc) is 2.53. The quantitative estimate of drug-likeness (QED) is 0.440. The van der Waals surface area contributed by atoms with Crippen LogP contribution in [-0.4, -0.2) is 9.78 Å². The summed E-state index contributed by atoms with van der Waals surface area (Å²) >= 11 is 10.5. The van der Waals surface area contributed by atoms with Crippen molar-refractivity contribution < 1.29 is 4.74 Å². The first-order chi connectivity index (χ1) is 8.90. The molecule has 0 atom stereocenters. The molecule has 1 aromatic carbocycles. The minimum Gasteiger partial charge on any atom is -0.485 e. The second kappa shape index (κ2) is 6.77. The van der Waals surface area contributed by atoms with E-state index in [4.69, 9.17) is 4.74 Å². The van der Waals surface area contributed by atoms with Crippen molar-refractivity contribution in [1.82, 2.24) is 9.78 Å². The van der Waals surface area contributed by atoms with Crippen LogP contribution in [0.4, 0.5) is 0 Å². The Kier molecular flexibility index (Phi) is 5.80. The molecular formula is C12H10BrI3N2O. The van der Waals surface area contributed by atoms with Crippen molar-refractivity contribution in [3.8, 4) is 5.75 Å². The van der Waals surface area contributed by atoms with Gasteiger partial charge in [0.05, 0.1) is 23.0 Å². The van der Waals surface area contributed by atoms with Crippen LogP contribution in [0.15, 0.2) is 16.6 Å². The van der Waals surface area contributed by atoms with Crippen LogP contribution in [0.25, 0.3) is 0 Å². The molecule has 0 fully saturated rings. The zero-order chi connectivity index (χ0) is 14.2. The maximum absolute atomic E-state index is 5.97. The molecule has 1 aromatic heterocycles. The molecule has 0 bridgehead atoms. The lowest BCUT2D eigenvalue weighted by Gasteiger charge is -2.11. The molecule has 2 rings (SSSR count). The second-order valence-electron chi connectivity index (χ2n) is 3.96. The molecule has 0 aliphatic rings. The Morgan fingerprint density at radius 3 is 2.32 bits per heavy atom. The van der Waals surface area contributed by atoms with Crippen molar-refractivity contribution in [3.05, 3.63) is 38.7 Å². The predicted octanol–water partition coefficient (Wildman–Crippen LogP) is 4.88. The van der Waals surface area contributed by atoms with Crippen LogP contribution < -0.4 is 4.74 Å². The third-order valence-electron chi connectivity index (χ3n) is 2.58. The Balaban J connectivity index is 2.24. The highest BCUT2D eigenvalue weighted by atomic mass is 127. The van der Waals surface area contributed by atoms with Gasteiger partial charge in [-0.3, -0.25) is 4.68 Å². The summed E-state index contributed by atoms with van der Waals surface area (Å²) in [5.41, 5.74) is 2.02. The van der Waals surface area contributed by atoms with Gasteiger partial charge < -0.3 is 4.74 Å². The average molecular weight is 659 g/mol. The van der Waals surface area contributed by atoms with Gasteiger partial charge in [-0.15, -0.1) is 0 Å². The van der Waals surface area contributed by atoms with Crippen LogP contribution in [0.3, 0.4) is 0 Å². The largest absolute Gasteiger partial charge is 0.485 e. The molecule has 1 heterocycles. The molecule has 3 nitrogen and oxygen atoms in total. The lowest BCUT2D eigenvalue weighted by Crippen LogP contribution is -2.05. The first-order valence-corrected chi connectivity index (χ1v) is 9.38. The van der Waals surface area contributed by atoms with Gasteiger partial charge in [0.15, 0.2) is 0 Å². The van der Waals surface area contributed by atoms with E-state index in [2.05, 4.69) is 101 Å². The monoisotopic (exact) mass is 658 g/mol. The number of halogens is 4. The van der Waals surface area contributed by atoms with Gasteiger partial charge in [-0.25, -0.2) is 0 Å². The third kappa shape index (κ3) is 3.76. The van der Waals surface area contributed by atoms with Crippen molar-refractivity contribution in [2.75, 3.05) is 0 Å². The second-order valence-corrected chi connectivity index (χ2v) is 8.32. The van der Waals surface area contributed by atoms with E-state index in [1.165, 1.54) is 3.57 Å². The number of hydrogen-bond donors (Lipinski definition) is 0. The number of nitrogens with zero attached hydrogens (tertiary/aromatic N) is 2.